The summed E-state index contributed by atoms with van der Waals surface area (Å²) in [6.45, 7) is 5.42. The fourth-order valence-corrected chi connectivity index (χ4v) is 0.736. The van der Waals surface area contributed by atoms with Crippen LogP contribution in [0.1, 0.15) is 20.8 Å². The molecule has 0 atom stereocenters. The Balaban J connectivity index is -0.000000133. The van der Waals surface area contributed by atoms with E-state index in [-0.39, 0.29) is 0 Å². The van der Waals surface area contributed by atoms with Gasteiger partial charge < -0.3 is 29.7 Å². The number of allylic oxidation sites excluding steroid dienone is 9. The van der Waals surface area contributed by atoms with Crippen molar-refractivity contribution in [3.63, 3.8) is 0 Å². The summed E-state index contributed by atoms with van der Waals surface area (Å²) in [6.07, 6.45) is 17.2. The third-order valence-electron chi connectivity index (χ3n) is 1.61. The average Bonchev–Trinajstić information content (AvgIpc) is 2.58. The van der Waals surface area contributed by atoms with E-state index in [4.69, 9.17) is 0 Å². The maximum atomic E-state index is 9.64. The summed E-state index contributed by atoms with van der Waals surface area (Å²) < 4.78 is 0. The summed E-state index contributed by atoms with van der Waals surface area (Å²) >= 11 is 1.55. The Morgan fingerprint density at radius 3 is 0.846 bits per heavy atom. The molecule has 0 fully saturated rings. The summed E-state index contributed by atoms with van der Waals surface area (Å²) in [7, 11) is 0. The van der Waals surface area contributed by atoms with Crippen LogP contribution in [0.15, 0.2) is 72.9 Å². The summed E-state index contributed by atoms with van der Waals surface area (Å²) in [5.41, 5.74) is 0. The van der Waals surface area contributed by atoms with Crippen molar-refractivity contribution in [2.45, 2.75) is 25.7 Å². The zero-order valence-corrected chi connectivity index (χ0v) is 18.2. The van der Waals surface area contributed by atoms with Gasteiger partial charge in [0.25, 0.3) is 0 Å². The van der Waals surface area contributed by atoms with Crippen molar-refractivity contribution >= 4 is 40.4 Å². The molecule has 0 rings (SSSR count). The van der Waals surface area contributed by atoms with Crippen LogP contribution in [-0.4, -0.2) is 40.4 Å². The van der Waals surface area contributed by atoms with E-state index in [2.05, 4.69) is 4.94 Å². The van der Waals surface area contributed by atoms with Crippen LogP contribution in [0.5, 0.6) is 0 Å². The predicted octanol–water partition coefficient (Wildman–Crippen LogP) is -0.191. The fraction of sp³-hybridized carbons (Fsp3) is 0.211. The predicted molar refractivity (Wildman–Crippen MR) is 98.5 cm³/mol. The molecule has 0 bridgehead atoms. The molecule has 0 aliphatic rings. The SMILES string of the molecule is C/C=C/C=C/C(=O)[O-].C/C=C/C=C/C(=O)[O-].C/C=C/C=C/C(=O)[O-].[CH3][Sn+3]. The quantitative estimate of drug-likeness (QED) is 0.304. The Labute approximate surface area is 168 Å². The third-order valence-corrected chi connectivity index (χ3v) is 1.61. The van der Waals surface area contributed by atoms with E-state index in [1.54, 1.807) is 79.8 Å². The molecule has 140 valence electrons. The summed E-state index contributed by atoms with van der Waals surface area (Å²) in [5, 5.41) is 28.9. The molecule has 0 aromatic heterocycles. The number of rotatable bonds is 6. The van der Waals surface area contributed by atoms with E-state index in [0.717, 1.165) is 18.2 Å². The van der Waals surface area contributed by atoms with E-state index in [1.165, 1.54) is 18.2 Å². The molecule has 0 radical (unpaired) electrons. The molecular weight excluding hydrogens is 443 g/mol. The van der Waals surface area contributed by atoms with Gasteiger partial charge in [-0.25, -0.2) is 0 Å². The molecule has 0 aromatic rings. The van der Waals surface area contributed by atoms with Crippen LogP contribution in [-0.2, 0) is 14.4 Å². The molecule has 0 heterocycles. The van der Waals surface area contributed by atoms with Crippen LogP contribution >= 0.6 is 0 Å². The van der Waals surface area contributed by atoms with Gasteiger partial charge in [0, 0.05) is 0 Å². The van der Waals surface area contributed by atoms with Crippen molar-refractivity contribution in [1.82, 2.24) is 0 Å². The molecule has 6 nitrogen and oxygen atoms in total. The van der Waals surface area contributed by atoms with Gasteiger partial charge in [0.2, 0.25) is 0 Å². The van der Waals surface area contributed by atoms with Crippen LogP contribution < -0.4 is 15.3 Å². The van der Waals surface area contributed by atoms with E-state index in [0.29, 0.717) is 0 Å². The number of aliphatic carboxylic acids is 3. The Morgan fingerprint density at radius 2 is 0.731 bits per heavy atom. The molecule has 0 unspecified atom stereocenters. The van der Waals surface area contributed by atoms with Crippen LogP contribution in [0.4, 0.5) is 0 Å². The van der Waals surface area contributed by atoms with Crippen LogP contribution in [0.2, 0.25) is 4.94 Å². The molecule has 26 heavy (non-hydrogen) atoms. The Bertz CT molecular complexity index is 450. The number of carbonyl (C=O) groups is 3. The van der Waals surface area contributed by atoms with Crippen molar-refractivity contribution in [2.24, 2.45) is 0 Å². The molecule has 7 heteroatoms. The molecule has 0 N–H and O–H groups in total. The maximum absolute atomic E-state index is 9.64. The molecule has 0 aliphatic heterocycles. The molecule has 0 amide bonds. The van der Waals surface area contributed by atoms with Gasteiger partial charge >= 0.3 is 27.5 Å². The van der Waals surface area contributed by atoms with Gasteiger partial charge in [0.1, 0.15) is 0 Å². The first-order chi connectivity index (χ1) is 12.3. The monoisotopic (exact) mass is 468 g/mol. The second-order valence-corrected chi connectivity index (χ2v) is 3.61. The van der Waals surface area contributed by atoms with Crippen LogP contribution in [0.25, 0.3) is 0 Å². The zero-order chi connectivity index (χ0) is 21.2. The molecule has 0 saturated heterocycles. The van der Waals surface area contributed by atoms with E-state index >= 15 is 0 Å². The van der Waals surface area contributed by atoms with Gasteiger partial charge in [-0.1, -0.05) is 54.7 Å². The van der Waals surface area contributed by atoms with Crippen molar-refractivity contribution in [2.75, 3.05) is 0 Å². The summed E-state index contributed by atoms with van der Waals surface area (Å²) in [5.74, 6) is -3.49. The van der Waals surface area contributed by atoms with Gasteiger partial charge in [-0.2, -0.15) is 0 Å². The van der Waals surface area contributed by atoms with Gasteiger partial charge in [-0.3, -0.25) is 0 Å². The van der Waals surface area contributed by atoms with E-state index in [9.17, 15) is 29.7 Å². The second-order valence-electron chi connectivity index (χ2n) is 3.61. The van der Waals surface area contributed by atoms with Crippen molar-refractivity contribution in [1.29, 1.82) is 0 Å². The molecule has 0 aromatic carbocycles. The van der Waals surface area contributed by atoms with Gasteiger partial charge in [-0.05, 0) is 39.0 Å². The molecule has 0 aliphatic carbocycles. The minimum absolute atomic E-state index is 0.972. The van der Waals surface area contributed by atoms with Crippen molar-refractivity contribution < 1.29 is 29.7 Å². The summed E-state index contributed by atoms with van der Waals surface area (Å²) in [4.78, 5) is 31.0. The minimum atomic E-state index is -1.16. The zero-order valence-electron chi connectivity index (χ0n) is 15.4. The van der Waals surface area contributed by atoms with Crippen molar-refractivity contribution in [3.05, 3.63) is 72.9 Å². The standard InChI is InChI=1S/3C6H8O2.CH3.Sn/c3*1-2-3-4-5-6(7)8;;/h3*2-5H,1H3,(H,7,8);1H3;/q;;;;+3/p-3/b3*3-2+,5-4+;;. The van der Waals surface area contributed by atoms with Gasteiger partial charge in [-0.15, -0.1) is 0 Å². The normalized spacial score (nSPS) is 10.5. The Hall–Kier alpha value is -2.35. The van der Waals surface area contributed by atoms with Gasteiger partial charge in [0.05, 0.1) is 17.9 Å². The number of hydrogen-bond donors (Lipinski definition) is 0. The van der Waals surface area contributed by atoms with Crippen LogP contribution in [0.3, 0.4) is 0 Å². The van der Waals surface area contributed by atoms with Crippen LogP contribution in [0, 0.1) is 0 Å². The van der Waals surface area contributed by atoms with E-state index < -0.39 is 17.9 Å². The molecule has 0 saturated carbocycles. The average molecular weight is 467 g/mol. The first kappa shape index (κ1) is 31.4. The Kier molecular flexibility index (Phi) is 36.9. The number of carboxylic acid groups (broad SMARTS) is 3. The van der Waals surface area contributed by atoms with E-state index in [1.807, 2.05) is 0 Å². The fourth-order valence-electron chi connectivity index (χ4n) is 0.736. The summed E-state index contributed by atoms with van der Waals surface area (Å²) in [6, 6.07) is 0. The topological polar surface area (TPSA) is 120 Å². The number of carboxylic acids is 3. The first-order valence-corrected chi connectivity index (χ1v) is 10.2. The number of hydrogen-bond acceptors (Lipinski definition) is 6. The third kappa shape index (κ3) is 57.7. The second kappa shape index (κ2) is 30.5. The van der Waals surface area contributed by atoms with Crippen molar-refractivity contribution in [3.8, 4) is 0 Å². The molecular formula is C19H24O6Sn. The number of carbonyl (C=O) groups excluding carboxylic acids is 3. The van der Waals surface area contributed by atoms with Gasteiger partial charge in [0.15, 0.2) is 0 Å². The first-order valence-electron chi connectivity index (χ1n) is 7.32. The Morgan fingerprint density at radius 1 is 0.538 bits per heavy atom. The molecule has 0 spiro atoms.